The van der Waals surface area contributed by atoms with E-state index in [4.69, 9.17) is 14.5 Å². The first-order valence-corrected chi connectivity index (χ1v) is 14.0. The number of nitrogens with zero attached hydrogens (tertiary/aromatic N) is 3. The van der Waals surface area contributed by atoms with Crippen LogP contribution in [0.2, 0.25) is 0 Å². The van der Waals surface area contributed by atoms with Crippen LogP contribution in [0.1, 0.15) is 62.2 Å². The van der Waals surface area contributed by atoms with Crippen molar-refractivity contribution in [2.45, 2.75) is 38.8 Å². The molecule has 0 radical (unpaired) electrons. The van der Waals surface area contributed by atoms with Gasteiger partial charge < -0.3 is 19.3 Å². The van der Waals surface area contributed by atoms with Crippen molar-refractivity contribution in [3.05, 3.63) is 100.0 Å². The number of carbonyl (C=O) groups excluding carboxylic acids is 2. The number of fused-ring (bicyclic) bond motifs is 2. The number of ether oxygens (including phenoxy) is 2. The largest absolute Gasteiger partial charge is 0.497 e. The number of halogens is 1. The molecule has 0 saturated carbocycles. The maximum atomic E-state index is 14.1. The van der Waals surface area contributed by atoms with Gasteiger partial charge in [-0.05, 0) is 72.7 Å². The number of likely N-dealkylation sites (tertiary alicyclic amines) is 1. The Morgan fingerprint density at radius 2 is 1.68 bits per heavy atom. The van der Waals surface area contributed by atoms with E-state index in [1.165, 1.54) is 12.1 Å². The van der Waals surface area contributed by atoms with E-state index in [9.17, 15) is 14.0 Å². The van der Waals surface area contributed by atoms with E-state index in [0.29, 0.717) is 59.4 Å². The first kappa shape index (κ1) is 26.7. The molecule has 8 heteroatoms. The van der Waals surface area contributed by atoms with Crippen LogP contribution in [0.4, 0.5) is 4.39 Å². The maximum absolute atomic E-state index is 14.1. The van der Waals surface area contributed by atoms with E-state index < -0.39 is 0 Å². The highest BCUT2D eigenvalue weighted by atomic mass is 19.1. The third-order valence-corrected chi connectivity index (χ3v) is 7.94. The first-order valence-electron chi connectivity index (χ1n) is 14.0. The van der Waals surface area contributed by atoms with E-state index in [-0.39, 0.29) is 24.2 Å². The molecule has 6 rings (SSSR count). The van der Waals surface area contributed by atoms with E-state index in [1.54, 1.807) is 37.4 Å². The summed E-state index contributed by atoms with van der Waals surface area (Å²) in [5.74, 6) is 0.590. The Bertz CT molecular complexity index is 1610. The quantitative estimate of drug-likeness (QED) is 0.291. The van der Waals surface area contributed by atoms with Gasteiger partial charge in [0, 0.05) is 43.8 Å². The number of hydrogen-bond acceptors (Lipinski definition) is 5. The fraction of sp³-hybridized carbons (Fsp3) is 0.303. The Balaban J connectivity index is 1.49. The second-order valence-electron chi connectivity index (χ2n) is 10.8. The van der Waals surface area contributed by atoms with Gasteiger partial charge in [0.15, 0.2) is 5.75 Å². The second-order valence-corrected chi connectivity index (χ2v) is 10.8. The molecular weight excluding hydrogens is 521 g/mol. The summed E-state index contributed by atoms with van der Waals surface area (Å²) in [5.41, 5.74) is 4.84. The van der Waals surface area contributed by atoms with Gasteiger partial charge in [0.05, 0.1) is 18.2 Å². The van der Waals surface area contributed by atoms with Gasteiger partial charge in [0.2, 0.25) is 0 Å². The second kappa shape index (κ2) is 11.2. The molecule has 0 atom stereocenters. The lowest BCUT2D eigenvalue weighted by Crippen LogP contribution is -2.36. The topological polar surface area (TPSA) is 72.0 Å². The lowest BCUT2D eigenvalue weighted by atomic mass is 9.93. The summed E-state index contributed by atoms with van der Waals surface area (Å²) in [6.45, 7) is 1.93. The molecule has 0 spiro atoms. The van der Waals surface area contributed by atoms with Crippen LogP contribution >= 0.6 is 0 Å². The number of carbonyl (C=O) groups is 2. The molecule has 4 aromatic rings. The lowest BCUT2D eigenvalue weighted by Gasteiger charge is -2.28. The van der Waals surface area contributed by atoms with Gasteiger partial charge >= 0.3 is 0 Å². The van der Waals surface area contributed by atoms with Gasteiger partial charge in [-0.15, -0.1) is 0 Å². The van der Waals surface area contributed by atoms with Crippen LogP contribution < -0.4 is 9.47 Å². The Morgan fingerprint density at radius 3 is 2.39 bits per heavy atom. The molecule has 3 heterocycles. The van der Waals surface area contributed by atoms with Gasteiger partial charge in [-0.3, -0.25) is 14.6 Å². The van der Waals surface area contributed by atoms with Crippen molar-refractivity contribution in [2.75, 3.05) is 27.2 Å². The van der Waals surface area contributed by atoms with Crippen molar-refractivity contribution in [2.24, 2.45) is 0 Å². The molecule has 2 amide bonds. The third kappa shape index (κ3) is 5.22. The Kier molecular flexibility index (Phi) is 7.30. The molecule has 0 aliphatic carbocycles. The van der Waals surface area contributed by atoms with E-state index in [1.807, 2.05) is 35.2 Å². The molecule has 0 unspecified atom stereocenters. The zero-order valence-electron chi connectivity index (χ0n) is 23.3. The van der Waals surface area contributed by atoms with Crippen LogP contribution in [0, 0.1) is 5.82 Å². The Labute approximate surface area is 238 Å². The molecule has 0 bridgehead atoms. The van der Waals surface area contributed by atoms with Crippen LogP contribution in [-0.4, -0.2) is 53.8 Å². The standard InChI is InChI=1S/C33H32FN3O4/c1-36-19-27-28(33(39)37-14-4-3-5-15-37)26-17-23(16-21-6-10-24(34)11-7-21)18-35-30(26)31(29(27)32(36)38)41-20-22-8-12-25(40-2)13-9-22/h6-13,17-18H,3-5,14-16,19-20H2,1-2H3. The van der Waals surface area contributed by atoms with Crippen molar-refractivity contribution in [1.29, 1.82) is 0 Å². The fourth-order valence-electron chi connectivity index (χ4n) is 5.76. The number of methoxy groups -OCH3 is 1. The minimum Gasteiger partial charge on any atom is -0.497 e. The molecule has 1 aromatic heterocycles. The van der Waals surface area contributed by atoms with Gasteiger partial charge in [0.25, 0.3) is 11.8 Å². The first-order chi connectivity index (χ1) is 19.9. The minimum absolute atomic E-state index is 0.0727. The summed E-state index contributed by atoms with van der Waals surface area (Å²) >= 11 is 0. The third-order valence-electron chi connectivity index (χ3n) is 7.94. The summed E-state index contributed by atoms with van der Waals surface area (Å²) < 4.78 is 25.2. The van der Waals surface area contributed by atoms with E-state index in [2.05, 4.69) is 0 Å². The van der Waals surface area contributed by atoms with Crippen LogP contribution in [0.25, 0.3) is 10.9 Å². The molecule has 2 aliphatic heterocycles. The van der Waals surface area contributed by atoms with Crippen molar-refractivity contribution in [3.63, 3.8) is 0 Å². The number of aromatic nitrogens is 1. The molecular formula is C33H32FN3O4. The average Bonchev–Trinajstić information content (AvgIpc) is 3.30. The summed E-state index contributed by atoms with van der Waals surface area (Å²) in [6.07, 6.45) is 5.30. The Hall–Kier alpha value is -4.46. The van der Waals surface area contributed by atoms with Crippen molar-refractivity contribution >= 4 is 22.7 Å². The average molecular weight is 554 g/mol. The highest BCUT2D eigenvalue weighted by Crippen LogP contribution is 2.41. The summed E-state index contributed by atoms with van der Waals surface area (Å²) in [7, 11) is 3.36. The maximum Gasteiger partial charge on any atom is 0.258 e. The van der Waals surface area contributed by atoms with Crippen LogP contribution in [0.3, 0.4) is 0 Å². The normalized spacial score (nSPS) is 14.9. The smallest absolute Gasteiger partial charge is 0.258 e. The molecule has 2 aliphatic rings. The molecule has 1 saturated heterocycles. The van der Waals surface area contributed by atoms with Gasteiger partial charge in [-0.25, -0.2) is 4.39 Å². The number of piperidine rings is 1. The fourth-order valence-corrected chi connectivity index (χ4v) is 5.76. The molecule has 3 aromatic carbocycles. The van der Waals surface area contributed by atoms with Gasteiger partial charge in [-0.2, -0.15) is 0 Å². The lowest BCUT2D eigenvalue weighted by molar-refractivity contribution is 0.0723. The number of rotatable bonds is 7. The van der Waals surface area contributed by atoms with Crippen LogP contribution in [0.15, 0.2) is 60.8 Å². The van der Waals surface area contributed by atoms with E-state index in [0.717, 1.165) is 41.7 Å². The number of pyridine rings is 1. The molecule has 41 heavy (non-hydrogen) atoms. The predicted octanol–water partition coefficient (Wildman–Crippen LogP) is 5.76. The number of hydrogen-bond donors (Lipinski definition) is 0. The minimum atomic E-state index is -0.289. The zero-order chi connectivity index (χ0) is 28.5. The highest BCUT2D eigenvalue weighted by Gasteiger charge is 2.37. The molecule has 7 nitrogen and oxygen atoms in total. The molecule has 210 valence electrons. The van der Waals surface area contributed by atoms with Crippen molar-refractivity contribution in [1.82, 2.24) is 14.8 Å². The van der Waals surface area contributed by atoms with Gasteiger partial charge in [0.1, 0.15) is 23.7 Å². The summed E-state index contributed by atoms with van der Waals surface area (Å²) in [6, 6.07) is 15.9. The van der Waals surface area contributed by atoms with Crippen molar-refractivity contribution in [3.8, 4) is 11.5 Å². The highest BCUT2D eigenvalue weighted by molar-refractivity contribution is 6.16. The monoisotopic (exact) mass is 553 g/mol. The van der Waals surface area contributed by atoms with E-state index >= 15 is 0 Å². The zero-order valence-corrected chi connectivity index (χ0v) is 23.3. The van der Waals surface area contributed by atoms with Crippen LogP contribution in [0.5, 0.6) is 11.5 Å². The Morgan fingerprint density at radius 1 is 0.976 bits per heavy atom. The number of amides is 2. The van der Waals surface area contributed by atoms with Crippen LogP contribution in [-0.2, 0) is 19.6 Å². The van der Waals surface area contributed by atoms with Gasteiger partial charge in [-0.1, -0.05) is 24.3 Å². The number of benzene rings is 3. The molecule has 1 fully saturated rings. The predicted molar refractivity (Wildman–Crippen MR) is 154 cm³/mol. The van der Waals surface area contributed by atoms with Crippen molar-refractivity contribution < 1.29 is 23.5 Å². The summed E-state index contributed by atoms with van der Waals surface area (Å²) in [4.78, 5) is 35.9. The molecule has 0 N–H and O–H groups in total. The SMILES string of the molecule is COc1ccc(COc2c3c(c(C(=O)N4CCCCC4)c4cc(Cc5ccc(F)cc5)cnc24)CN(C)C3=O)cc1. The summed E-state index contributed by atoms with van der Waals surface area (Å²) in [5, 5.41) is 0.673.